The largest absolute Gasteiger partial charge is 0.312 e. The van der Waals surface area contributed by atoms with Crippen molar-refractivity contribution >= 4 is 0 Å². The van der Waals surface area contributed by atoms with E-state index < -0.39 is 0 Å². The lowest BCUT2D eigenvalue weighted by atomic mass is 10.1. The number of aromatic nitrogens is 3. The standard InChI is InChI=1S/C12H20N4/c1-2-5-10(4-1)12-14-9-16(15-12)8-11-6-3-7-13-11/h9-11,13H,1-8H2. The zero-order valence-corrected chi connectivity index (χ0v) is 9.73. The first-order valence-electron chi connectivity index (χ1n) is 6.54. The summed E-state index contributed by atoms with van der Waals surface area (Å²) in [5.74, 6) is 1.72. The van der Waals surface area contributed by atoms with Gasteiger partial charge in [0.1, 0.15) is 6.33 Å². The van der Waals surface area contributed by atoms with E-state index in [0.29, 0.717) is 12.0 Å². The molecule has 16 heavy (non-hydrogen) atoms. The van der Waals surface area contributed by atoms with Gasteiger partial charge < -0.3 is 5.32 Å². The van der Waals surface area contributed by atoms with Crippen LogP contribution in [-0.4, -0.2) is 27.4 Å². The van der Waals surface area contributed by atoms with E-state index in [1.165, 1.54) is 38.5 Å². The molecule has 0 bridgehead atoms. The first-order chi connectivity index (χ1) is 7.92. The summed E-state index contributed by atoms with van der Waals surface area (Å²) >= 11 is 0. The molecule has 1 aromatic rings. The average molecular weight is 220 g/mol. The van der Waals surface area contributed by atoms with E-state index in [2.05, 4.69) is 15.4 Å². The van der Waals surface area contributed by atoms with Gasteiger partial charge >= 0.3 is 0 Å². The average Bonchev–Trinajstić information content (AvgIpc) is 2.99. The maximum atomic E-state index is 4.62. The monoisotopic (exact) mass is 220 g/mol. The lowest BCUT2D eigenvalue weighted by Gasteiger charge is -2.09. The van der Waals surface area contributed by atoms with Crippen LogP contribution >= 0.6 is 0 Å². The van der Waals surface area contributed by atoms with Crippen molar-refractivity contribution in [3.63, 3.8) is 0 Å². The number of hydrogen-bond donors (Lipinski definition) is 1. The fourth-order valence-corrected chi connectivity index (χ4v) is 2.91. The summed E-state index contributed by atoms with van der Waals surface area (Å²) in [6, 6.07) is 0.609. The molecule has 2 aliphatic rings. The summed E-state index contributed by atoms with van der Waals surface area (Å²) in [5, 5.41) is 8.12. The Labute approximate surface area is 96.4 Å². The maximum absolute atomic E-state index is 4.62. The third kappa shape index (κ3) is 2.12. The van der Waals surface area contributed by atoms with Crippen LogP contribution in [-0.2, 0) is 6.54 Å². The summed E-state index contributed by atoms with van der Waals surface area (Å²) < 4.78 is 2.02. The van der Waals surface area contributed by atoms with Crippen molar-refractivity contribution in [2.75, 3.05) is 6.54 Å². The highest BCUT2D eigenvalue weighted by molar-refractivity contribution is 4.96. The van der Waals surface area contributed by atoms with Crippen LogP contribution in [0.25, 0.3) is 0 Å². The molecule has 2 heterocycles. The molecule has 0 amide bonds. The summed E-state index contributed by atoms with van der Waals surface area (Å²) in [7, 11) is 0. The summed E-state index contributed by atoms with van der Waals surface area (Å²) in [4.78, 5) is 4.46. The zero-order chi connectivity index (χ0) is 10.8. The predicted molar refractivity (Wildman–Crippen MR) is 62.3 cm³/mol. The Hall–Kier alpha value is -0.900. The van der Waals surface area contributed by atoms with Crippen LogP contribution in [0.4, 0.5) is 0 Å². The van der Waals surface area contributed by atoms with Crippen molar-refractivity contribution < 1.29 is 0 Å². The fraction of sp³-hybridized carbons (Fsp3) is 0.833. The van der Waals surface area contributed by atoms with E-state index >= 15 is 0 Å². The van der Waals surface area contributed by atoms with Gasteiger partial charge in [-0.05, 0) is 32.2 Å². The Bertz CT molecular complexity index is 335. The maximum Gasteiger partial charge on any atom is 0.153 e. The minimum atomic E-state index is 0.609. The first-order valence-corrected chi connectivity index (χ1v) is 6.54. The summed E-state index contributed by atoms with van der Waals surface area (Å²) in [6.07, 6.45) is 9.76. The van der Waals surface area contributed by atoms with E-state index in [4.69, 9.17) is 0 Å². The van der Waals surface area contributed by atoms with Gasteiger partial charge in [0.25, 0.3) is 0 Å². The van der Waals surface area contributed by atoms with E-state index in [-0.39, 0.29) is 0 Å². The zero-order valence-electron chi connectivity index (χ0n) is 9.73. The van der Waals surface area contributed by atoms with Crippen LogP contribution in [0.3, 0.4) is 0 Å². The molecule has 4 nitrogen and oxygen atoms in total. The highest BCUT2D eigenvalue weighted by Gasteiger charge is 2.21. The Morgan fingerprint density at radius 3 is 2.88 bits per heavy atom. The highest BCUT2D eigenvalue weighted by atomic mass is 15.3. The fourth-order valence-electron chi connectivity index (χ4n) is 2.91. The molecule has 1 atom stereocenters. The third-order valence-corrected chi connectivity index (χ3v) is 3.84. The molecule has 0 radical (unpaired) electrons. The van der Waals surface area contributed by atoms with E-state index in [0.717, 1.165) is 18.9 Å². The second kappa shape index (κ2) is 4.53. The molecule has 88 valence electrons. The minimum Gasteiger partial charge on any atom is -0.312 e. The lowest BCUT2D eigenvalue weighted by Crippen LogP contribution is -2.27. The van der Waals surface area contributed by atoms with Gasteiger partial charge in [0.2, 0.25) is 0 Å². The molecule has 1 N–H and O–H groups in total. The number of nitrogens with zero attached hydrogens (tertiary/aromatic N) is 3. The predicted octanol–water partition coefficient (Wildman–Crippen LogP) is 1.69. The van der Waals surface area contributed by atoms with Gasteiger partial charge in [0.15, 0.2) is 5.82 Å². The molecule has 1 saturated carbocycles. The quantitative estimate of drug-likeness (QED) is 0.843. The molecule has 1 aliphatic carbocycles. The van der Waals surface area contributed by atoms with Crippen LogP contribution in [0, 0.1) is 0 Å². The SMILES string of the molecule is c1nc(C2CCCC2)nn1CC1CCCN1. The van der Waals surface area contributed by atoms with Crippen molar-refractivity contribution in [2.24, 2.45) is 0 Å². The topological polar surface area (TPSA) is 42.7 Å². The van der Waals surface area contributed by atoms with Crippen LogP contribution in [0.1, 0.15) is 50.3 Å². The van der Waals surface area contributed by atoms with Crippen LogP contribution in [0.5, 0.6) is 0 Å². The summed E-state index contributed by atoms with van der Waals surface area (Å²) in [6.45, 7) is 2.15. The molecule has 2 fully saturated rings. The third-order valence-electron chi connectivity index (χ3n) is 3.84. The van der Waals surface area contributed by atoms with Crippen molar-refractivity contribution in [3.05, 3.63) is 12.2 Å². The van der Waals surface area contributed by atoms with E-state index in [1.54, 1.807) is 0 Å². The van der Waals surface area contributed by atoms with Gasteiger partial charge in [-0.15, -0.1) is 0 Å². The Morgan fingerprint density at radius 1 is 1.25 bits per heavy atom. The Morgan fingerprint density at radius 2 is 2.12 bits per heavy atom. The lowest BCUT2D eigenvalue weighted by molar-refractivity contribution is 0.470. The molecular formula is C12H20N4. The number of hydrogen-bond acceptors (Lipinski definition) is 3. The molecular weight excluding hydrogens is 200 g/mol. The molecule has 1 unspecified atom stereocenters. The van der Waals surface area contributed by atoms with Gasteiger partial charge in [0, 0.05) is 12.0 Å². The number of nitrogens with one attached hydrogen (secondary N) is 1. The first kappa shape index (κ1) is 10.3. The molecule has 0 aromatic carbocycles. The van der Waals surface area contributed by atoms with Gasteiger partial charge in [0.05, 0.1) is 6.54 Å². The van der Waals surface area contributed by atoms with Crippen LogP contribution < -0.4 is 5.32 Å². The van der Waals surface area contributed by atoms with Crippen molar-refractivity contribution in [3.8, 4) is 0 Å². The van der Waals surface area contributed by atoms with Gasteiger partial charge in [-0.3, -0.25) is 4.68 Å². The van der Waals surface area contributed by atoms with Crippen molar-refractivity contribution in [2.45, 2.75) is 57.0 Å². The second-order valence-corrected chi connectivity index (χ2v) is 5.10. The smallest absolute Gasteiger partial charge is 0.153 e. The van der Waals surface area contributed by atoms with E-state index in [1.807, 2.05) is 11.0 Å². The second-order valence-electron chi connectivity index (χ2n) is 5.10. The Kier molecular flexibility index (Phi) is 2.91. The number of rotatable bonds is 3. The molecule has 0 spiro atoms. The van der Waals surface area contributed by atoms with Crippen LogP contribution in [0.2, 0.25) is 0 Å². The molecule has 3 rings (SSSR count). The summed E-state index contributed by atoms with van der Waals surface area (Å²) in [5.41, 5.74) is 0. The molecule has 1 aliphatic heterocycles. The molecule has 1 aromatic heterocycles. The van der Waals surface area contributed by atoms with Gasteiger partial charge in [-0.25, -0.2) is 4.98 Å². The van der Waals surface area contributed by atoms with Gasteiger partial charge in [-0.2, -0.15) is 5.10 Å². The minimum absolute atomic E-state index is 0.609. The molecule has 4 heteroatoms. The normalized spacial score (nSPS) is 26.6. The Balaban J connectivity index is 1.62. The molecule has 1 saturated heterocycles. The van der Waals surface area contributed by atoms with Gasteiger partial charge in [-0.1, -0.05) is 12.8 Å². The van der Waals surface area contributed by atoms with E-state index in [9.17, 15) is 0 Å². The van der Waals surface area contributed by atoms with Crippen molar-refractivity contribution in [1.82, 2.24) is 20.1 Å². The highest BCUT2D eigenvalue weighted by Crippen LogP contribution is 2.31. The van der Waals surface area contributed by atoms with Crippen molar-refractivity contribution in [1.29, 1.82) is 0 Å². The van der Waals surface area contributed by atoms with Crippen LogP contribution in [0.15, 0.2) is 6.33 Å².